The Morgan fingerprint density at radius 2 is 1.75 bits per heavy atom. The first-order chi connectivity index (χ1) is 7.57. The second kappa shape index (κ2) is 3.99. The van der Waals surface area contributed by atoms with Gasteiger partial charge in [0, 0.05) is 6.20 Å². The number of nitrogens with zero attached hydrogens (tertiary/aromatic N) is 2. The van der Waals surface area contributed by atoms with Crippen molar-refractivity contribution in [3.63, 3.8) is 0 Å². The third kappa shape index (κ3) is 2.23. The molecule has 2 aromatic heterocycles. The summed E-state index contributed by atoms with van der Waals surface area (Å²) in [6, 6.07) is 9.56. The Morgan fingerprint density at radius 1 is 1.00 bits per heavy atom. The van der Waals surface area contributed by atoms with Gasteiger partial charge in [0.25, 0.3) is 0 Å². The Balaban J connectivity index is 2.53. The van der Waals surface area contributed by atoms with Crippen LogP contribution in [0.4, 0.5) is 0 Å². The first-order valence-corrected chi connectivity index (χ1v) is 5.87. The van der Waals surface area contributed by atoms with E-state index >= 15 is 0 Å². The van der Waals surface area contributed by atoms with Crippen molar-refractivity contribution in [3.05, 3.63) is 42.6 Å². The van der Waals surface area contributed by atoms with E-state index in [9.17, 15) is 8.42 Å². The molecule has 6 heteroatoms. The third-order valence-corrected chi connectivity index (χ3v) is 2.67. The lowest BCUT2D eigenvalue weighted by molar-refractivity contribution is 0.479. The average molecular weight is 236 g/mol. The van der Waals surface area contributed by atoms with Gasteiger partial charge in [0.15, 0.2) is 5.03 Å². The minimum Gasteiger partial charge on any atom is -0.281 e. The lowest BCUT2D eigenvalue weighted by Gasteiger charge is -2.01. The van der Waals surface area contributed by atoms with E-state index in [4.69, 9.17) is 4.55 Å². The van der Waals surface area contributed by atoms with E-state index in [1.807, 2.05) is 0 Å². The van der Waals surface area contributed by atoms with Crippen molar-refractivity contribution < 1.29 is 13.0 Å². The van der Waals surface area contributed by atoms with Gasteiger partial charge in [-0.05, 0) is 24.3 Å². The van der Waals surface area contributed by atoms with E-state index < -0.39 is 10.1 Å². The number of hydrogen-bond donors (Lipinski definition) is 1. The summed E-state index contributed by atoms with van der Waals surface area (Å²) in [6.07, 6.45) is 1.58. The van der Waals surface area contributed by atoms with Crippen molar-refractivity contribution in [2.45, 2.75) is 5.03 Å². The van der Waals surface area contributed by atoms with E-state index in [-0.39, 0.29) is 5.03 Å². The Morgan fingerprint density at radius 3 is 2.38 bits per heavy atom. The normalized spacial score (nSPS) is 11.3. The first-order valence-electron chi connectivity index (χ1n) is 4.43. The molecule has 0 fully saturated rings. The van der Waals surface area contributed by atoms with E-state index in [1.165, 1.54) is 12.1 Å². The number of rotatable bonds is 2. The van der Waals surface area contributed by atoms with Crippen molar-refractivity contribution in [2.24, 2.45) is 0 Å². The Bertz CT molecular complexity index is 596. The molecule has 0 saturated carbocycles. The molecule has 0 saturated heterocycles. The largest absolute Gasteiger partial charge is 0.312 e. The van der Waals surface area contributed by atoms with Crippen LogP contribution in [0.2, 0.25) is 0 Å². The lowest BCUT2D eigenvalue weighted by Crippen LogP contribution is -2.02. The molecule has 2 rings (SSSR count). The highest BCUT2D eigenvalue weighted by atomic mass is 32.2. The van der Waals surface area contributed by atoms with Crippen molar-refractivity contribution in [2.75, 3.05) is 0 Å². The summed E-state index contributed by atoms with van der Waals surface area (Å²) in [5.41, 5.74) is 0.948. The monoisotopic (exact) mass is 236 g/mol. The molecule has 0 unspecified atom stereocenters. The van der Waals surface area contributed by atoms with Gasteiger partial charge in [-0.15, -0.1) is 0 Å². The van der Waals surface area contributed by atoms with Gasteiger partial charge in [0.05, 0.1) is 11.4 Å². The molecule has 0 spiro atoms. The van der Waals surface area contributed by atoms with E-state index in [0.29, 0.717) is 11.4 Å². The van der Waals surface area contributed by atoms with Gasteiger partial charge in [-0.25, -0.2) is 4.98 Å². The first kappa shape index (κ1) is 10.7. The second-order valence-corrected chi connectivity index (χ2v) is 4.42. The molecule has 2 heterocycles. The summed E-state index contributed by atoms with van der Waals surface area (Å²) in [5, 5.41) is -0.379. The van der Waals surface area contributed by atoms with Gasteiger partial charge in [0.2, 0.25) is 0 Å². The van der Waals surface area contributed by atoms with Crippen LogP contribution in [0.15, 0.2) is 47.6 Å². The van der Waals surface area contributed by atoms with Crippen molar-refractivity contribution >= 4 is 10.1 Å². The van der Waals surface area contributed by atoms with Crippen LogP contribution < -0.4 is 0 Å². The summed E-state index contributed by atoms with van der Waals surface area (Å²) >= 11 is 0. The summed E-state index contributed by atoms with van der Waals surface area (Å²) < 4.78 is 30.6. The van der Waals surface area contributed by atoms with Gasteiger partial charge < -0.3 is 0 Å². The summed E-state index contributed by atoms with van der Waals surface area (Å²) in [7, 11) is -4.27. The number of pyridine rings is 2. The van der Waals surface area contributed by atoms with Crippen LogP contribution in [0.1, 0.15) is 0 Å². The number of aromatic nitrogens is 2. The molecule has 0 aliphatic rings. The SMILES string of the molecule is O=S(=O)(O)c1cccc(-c2ccccn2)n1. The molecule has 0 amide bonds. The van der Waals surface area contributed by atoms with Gasteiger partial charge in [-0.1, -0.05) is 12.1 Å². The second-order valence-electron chi connectivity index (χ2n) is 3.05. The molecule has 0 aromatic carbocycles. The van der Waals surface area contributed by atoms with Gasteiger partial charge in [0.1, 0.15) is 0 Å². The predicted octanol–water partition coefficient (Wildman–Crippen LogP) is 1.39. The molecule has 0 radical (unpaired) electrons. The van der Waals surface area contributed by atoms with Crippen LogP contribution in [0.5, 0.6) is 0 Å². The van der Waals surface area contributed by atoms with Crippen molar-refractivity contribution in [3.8, 4) is 11.4 Å². The third-order valence-electron chi connectivity index (χ3n) is 1.92. The fourth-order valence-electron chi connectivity index (χ4n) is 1.22. The highest BCUT2D eigenvalue weighted by molar-refractivity contribution is 7.85. The fraction of sp³-hybridized carbons (Fsp3) is 0. The molecule has 16 heavy (non-hydrogen) atoms. The predicted molar refractivity (Wildman–Crippen MR) is 57.3 cm³/mol. The Labute approximate surface area is 92.6 Å². The van der Waals surface area contributed by atoms with E-state index in [2.05, 4.69) is 9.97 Å². The molecule has 82 valence electrons. The maximum atomic E-state index is 10.9. The van der Waals surface area contributed by atoms with E-state index in [1.54, 1.807) is 30.5 Å². The van der Waals surface area contributed by atoms with E-state index in [0.717, 1.165) is 0 Å². The van der Waals surface area contributed by atoms with Gasteiger partial charge in [-0.2, -0.15) is 8.42 Å². The number of hydrogen-bond acceptors (Lipinski definition) is 4. The van der Waals surface area contributed by atoms with Crippen LogP contribution in [-0.2, 0) is 10.1 Å². The molecule has 0 bridgehead atoms. The quantitative estimate of drug-likeness (QED) is 0.797. The van der Waals surface area contributed by atoms with Gasteiger partial charge >= 0.3 is 10.1 Å². The van der Waals surface area contributed by atoms with Crippen LogP contribution in [0, 0.1) is 0 Å². The molecule has 0 aliphatic carbocycles. The van der Waals surface area contributed by atoms with Crippen LogP contribution in [-0.4, -0.2) is 22.9 Å². The smallest absolute Gasteiger partial charge is 0.281 e. The Hall–Kier alpha value is -1.79. The molecular weight excluding hydrogens is 228 g/mol. The highest BCUT2D eigenvalue weighted by Crippen LogP contribution is 2.15. The van der Waals surface area contributed by atoms with Crippen LogP contribution >= 0.6 is 0 Å². The minimum atomic E-state index is -4.27. The Kier molecular flexibility index (Phi) is 2.67. The molecule has 0 aliphatic heterocycles. The summed E-state index contributed by atoms with van der Waals surface area (Å²) in [4.78, 5) is 7.85. The summed E-state index contributed by atoms with van der Waals surface area (Å²) in [5.74, 6) is 0. The zero-order valence-electron chi connectivity index (χ0n) is 8.11. The van der Waals surface area contributed by atoms with Crippen molar-refractivity contribution in [1.29, 1.82) is 0 Å². The lowest BCUT2D eigenvalue weighted by atomic mass is 10.2. The highest BCUT2D eigenvalue weighted by Gasteiger charge is 2.12. The molecule has 2 aromatic rings. The topological polar surface area (TPSA) is 80.2 Å². The maximum absolute atomic E-state index is 10.9. The fourth-order valence-corrected chi connectivity index (χ4v) is 1.68. The average Bonchev–Trinajstić information content (AvgIpc) is 2.29. The van der Waals surface area contributed by atoms with Crippen molar-refractivity contribution in [1.82, 2.24) is 9.97 Å². The minimum absolute atomic E-state index is 0.379. The molecule has 1 N–H and O–H groups in total. The summed E-state index contributed by atoms with van der Waals surface area (Å²) in [6.45, 7) is 0. The maximum Gasteiger partial charge on any atom is 0.312 e. The molecule has 0 atom stereocenters. The zero-order chi connectivity index (χ0) is 11.6. The van der Waals surface area contributed by atoms with Crippen LogP contribution in [0.3, 0.4) is 0 Å². The standard InChI is InChI=1S/C10H8N2O3S/c13-16(14,15)10-6-3-5-9(12-10)8-4-1-2-7-11-8/h1-7H,(H,13,14,15). The van der Waals surface area contributed by atoms with Gasteiger partial charge in [-0.3, -0.25) is 9.54 Å². The molecular formula is C10H8N2O3S. The zero-order valence-corrected chi connectivity index (χ0v) is 8.92. The van der Waals surface area contributed by atoms with Crippen LogP contribution in [0.25, 0.3) is 11.4 Å². The molecule has 5 nitrogen and oxygen atoms in total.